The summed E-state index contributed by atoms with van der Waals surface area (Å²) in [5, 5.41) is 13.1. The van der Waals surface area contributed by atoms with E-state index < -0.39 is 0 Å². The highest BCUT2D eigenvalue weighted by Gasteiger charge is 2.21. The summed E-state index contributed by atoms with van der Waals surface area (Å²) in [6.07, 6.45) is 2.36. The lowest BCUT2D eigenvalue weighted by Gasteiger charge is -2.33. The minimum Gasteiger partial charge on any atom is -0.394 e. The van der Waals surface area contributed by atoms with Crippen LogP contribution in [0.4, 0.5) is 0 Å². The van der Waals surface area contributed by atoms with Gasteiger partial charge in [0.2, 0.25) is 0 Å². The van der Waals surface area contributed by atoms with Crippen LogP contribution in [0.2, 0.25) is 0 Å². The molecule has 1 saturated heterocycles. The summed E-state index contributed by atoms with van der Waals surface area (Å²) in [6.45, 7) is 5.86. The lowest BCUT2D eigenvalue weighted by atomic mass is 10.0. The van der Waals surface area contributed by atoms with Crippen LogP contribution in [0.15, 0.2) is 30.3 Å². The summed E-state index contributed by atoms with van der Waals surface area (Å²) < 4.78 is 0. The molecule has 1 fully saturated rings. The standard InChI is InChI=1S/C15H24N2O/c1-2-17-10-8-14(9-11-17)16-15(12-18)13-6-4-3-5-7-13/h3-7,14-16,18H,2,8-12H2,1H3/t15-/m1/s1. The molecule has 1 aliphatic heterocycles. The van der Waals surface area contributed by atoms with Gasteiger partial charge in [0.25, 0.3) is 0 Å². The molecule has 2 N–H and O–H groups in total. The van der Waals surface area contributed by atoms with E-state index in [1.165, 1.54) is 31.5 Å². The SMILES string of the molecule is CCN1CCC(N[C@H](CO)c2ccccc2)CC1. The van der Waals surface area contributed by atoms with Crippen molar-refractivity contribution in [1.29, 1.82) is 0 Å². The number of likely N-dealkylation sites (tertiary alicyclic amines) is 1. The molecule has 1 heterocycles. The molecule has 0 spiro atoms. The summed E-state index contributed by atoms with van der Waals surface area (Å²) in [5.41, 5.74) is 1.18. The second-order valence-electron chi connectivity index (χ2n) is 5.02. The van der Waals surface area contributed by atoms with Gasteiger partial charge in [-0.1, -0.05) is 37.3 Å². The lowest BCUT2D eigenvalue weighted by molar-refractivity contribution is 0.177. The van der Waals surface area contributed by atoms with Gasteiger partial charge in [-0.05, 0) is 38.0 Å². The Hall–Kier alpha value is -0.900. The van der Waals surface area contributed by atoms with E-state index in [-0.39, 0.29) is 12.6 Å². The normalized spacial score (nSPS) is 19.9. The summed E-state index contributed by atoms with van der Waals surface area (Å²) in [4.78, 5) is 2.48. The van der Waals surface area contributed by atoms with Crippen LogP contribution in [0.1, 0.15) is 31.4 Å². The number of nitrogens with zero attached hydrogens (tertiary/aromatic N) is 1. The molecule has 1 aromatic carbocycles. The van der Waals surface area contributed by atoms with E-state index in [4.69, 9.17) is 0 Å². The van der Waals surface area contributed by atoms with Gasteiger partial charge < -0.3 is 15.3 Å². The van der Waals surface area contributed by atoms with Crippen LogP contribution in [0.25, 0.3) is 0 Å². The van der Waals surface area contributed by atoms with Gasteiger partial charge in [0.05, 0.1) is 12.6 Å². The van der Waals surface area contributed by atoms with Crippen molar-refractivity contribution >= 4 is 0 Å². The summed E-state index contributed by atoms with van der Waals surface area (Å²) in [6, 6.07) is 10.8. The summed E-state index contributed by atoms with van der Waals surface area (Å²) in [7, 11) is 0. The maximum absolute atomic E-state index is 9.54. The molecule has 1 atom stereocenters. The smallest absolute Gasteiger partial charge is 0.0626 e. The molecule has 0 amide bonds. The summed E-state index contributed by atoms with van der Waals surface area (Å²) >= 11 is 0. The minimum atomic E-state index is 0.0735. The minimum absolute atomic E-state index is 0.0735. The van der Waals surface area contributed by atoms with Gasteiger partial charge in [0.1, 0.15) is 0 Å². The molecule has 100 valence electrons. The number of hydrogen-bond donors (Lipinski definition) is 2. The molecule has 0 saturated carbocycles. The van der Waals surface area contributed by atoms with Crippen LogP contribution >= 0.6 is 0 Å². The van der Waals surface area contributed by atoms with Crippen LogP contribution in [0.5, 0.6) is 0 Å². The Bertz CT molecular complexity index is 334. The fourth-order valence-electron chi connectivity index (χ4n) is 2.64. The van der Waals surface area contributed by atoms with Gasteiger partial charge in [-0.3, -0.25) is 0 Å². The van der Waals surface area contributed by atoms with E-state index in [1.807, 2.05) is 18.2 Å². The molecule has 0 radical (unpaired) electrons. The van der Waals surface area contributed by atoms with Crippen LogP contribution in [0.3, 0.4) is 0 Å². The predicted octanol–water partition coefficient (Wildman–Crippen LogP) is 1.79. The van der Waals surface area contributed by atoms with Gasteiger partial charge >= 0.3 is 0 Å². The number of hydrogen-bond acceptors (Lipinski definition) is 3. The van der Waals surface area contributed by atoms with E-state index >= 15 is 0 Å². The molecular weight excluding hydrogens is 224 g/mol. The molecular formula is C15H24N2O. The average Bonchev–Trinajstić information content (AvgIpc) is 2.46. The van der Waals surface area contributed by atoms with Crippen LogP contribution in [-0.2, 0) is 0 Å². The Morgan fingerprint density at radius 1 is 1.28 bits per heavy atom. The number of aliphatic hydroxyl groups is 1. The van der Waals surface area contributed by atoms with Gasteiger partial charge in [-0.2, -0.15) is 0 Å². The van der Waals surface area contributed by atoms with Crippen molar-refractivity contribution in [2.24, 2.45) is 0 Å². The van der Waals surface area contributed by atoms with Crippen LogP contribution in [-0.4, -0.2) is 42.3 Å². The third kappa shape index (κ3) is 3.55. The van der Waals surface area contributed by atoms with Crippen molar-refractivity contribution in [2.75, 3.05) is 26.2 Å². The van der Waals surface area contributed by atoms with Crippen LogP contribution < -0.4 is 5.32 Å². The van der Waals surface area contributed by atoms with Gasteiger partial charge in [-0.25, -0.2) is 0 Å². The predicted molar refractivity (Wildman–Crippen MR) is 74.5 cm³/mol. The summed E-state index contributed by atoms with van der Waals surface area (Å²) in [5.74, 6) is 0. The Labute approximate surface area is 110 Å². The van der Waals surface area contributed by atoms with Gasteiger partial charge in [0, 0.05) is 6.04 Å². The maximum Gasteiger partial charge on any atom is 0.0626 e. The fraction of sp³-hybridized carbons (Fsp3) is 0.600. The molecule has 18 heavy (non-hydrogen) atoms. The first kappa shape index (κ1) is 13.5. The molecule has 3 heteroatoms. The van der Waals surface area contributed by atoms with Crippen molar-refractivity contribution in [2.45, 2.75) is 31.8 Å². The first-order valence-corrected chi connectivity index (χ1v) is 6.97. The number of piperidine rings is 1. The Balaban J connectivity index is 1.88. The van der Waals surface area contributed by atoms with Crippen molar-refractivity contribution in [3.05, 3.63) is 35.9 Å². The molecule has 0 aliphatic carbocycles. The zero-order valence-corrected chi connectivity index (χ0v) is 11.2. The van der Waals surface area contributed by atoms with Gasteiger partial charge in [-0.15, -0.1) is 0 Å². The van der Waals surface area contributed by atoms with E-state index in [0.717, 1.165) is 6.54 Å². The second-order valence-corrected chi connectivity index (χ2v) is 5.02. The molecule has 2 rings (SSSR count). The quantitative estimate of drug-likeness (QED) is 0.834. The van der Waals surface area contributed by atoms with Crippen molar-refractivity contribution < 1.29 is 5.11 Å². The Morgan fingerprint density at radius 2 is 1.94 bits per heavy atom. The zero-order chi connectivity index (χ0) is 12.8. The molecule has 0 unspecified atom stereocenters. The first-order chi connectivity index (χ1) is 8.83. The number of benzene rings is 1. The molecule has 0 bridgehead atoms. The molecule has 1 aromatic rings. The van der Waals surface area contributed by atoms with Crippen LogP contribution in [0, 0.1) is 0 Å². The van der Waals surface area contributed by atoms with Crippen molar-refractivity contribution in [3.8, 4) is 0 Å². The first-order valence-electron chi connectivity index (χ1n) is 6.97. The Morgan fingerprint density at radius 3 is 2.50 bits per heavy atom. The molecule has 0 aromatic heterocycles. The number of nitrogens with one attached hydrogen (secondary N) is 1. The average molecular weight is 248 g/mol. The third-order valence-corrected chi connectivity index (χ3v) is 3.86. The van der Waals surface area contributed by atoms with Gasteiger partial charge in [0.15, 0.2) is 0 Å². The van der Waals surface area contributed by atoms with E-state index in [0.29, 0.717) is 6.04 Å². The Kier molecular flexibility index (Phi) is 5.17. The third-order valence-electron chi connectivity index (χ3n) is 3.86. The highest BCUT2D eigenvalue weighted by Crippen LogP contribution is 2.17. The van der Waals surface area contributed by atoms with E-state index in [1.54, 1.807) is 0 Å². The maximum atomic E-state index is 9.54. The van der Waals surface area contributed by atoms with E-state index in [9.17, 15) is 5.11 Å². The molecule has 3 nitrogen and oxygen atoms in total. The largest absolute Gasteiger partial charge is 0.394 e. The highest BCUT2D eigenvalue weighted by atomic mass is 16.3. The van der Waals surface area contributed by atoms with E-state index in [2.05, 4.69) is 29.3 Å². The van der Waals surface area contributed by atoms with Crippen molar-refractivity contribution in [3.63, 3.8) is 0 Å². The number of rotatable bonds is 5. The second kappa shape index (κ2) is 6.88. The number of aliphatic hydroxyl groups excluding tert-OH is 1. The lowest BCUT2D eigenvalue weighted by Crippen LogP contribution is -2.44. The monoisotopic (exact) mass is 248 g/mol. The zero-order valence-electron chi connectivity index (χ0n) is 11.2. The topological polar surface area (TPSA) is 35.5 Å². The fourth-order valence-corrected chi connectivity index (χ4v) is 2.64. The molecule has 1 aliphatic rings. The highest BCUT2D eigenvalue weighted by molar-refractivity contribution is 5.19. The van der Waals surface area contributed by atoms with Crippen molar-refractivity contribution in [1.82, 2.24) is 10.2 Å².